The summed E-state index contributed by atoms with van der Waals surface area (Å²) in [5.74, 6) is 0.876. The Kier molecular flexibility index (Phi) is 4.31. The van der Waals surface area contributed by atoms with E-state index in [0.29, 0.717) is 0 Å². The van der Waals surface area contributed by atoms with Crippen molar-refractivity contribution in [1.82, 2.24) is 4.98 Å². The monoisotopic (exact) mass is 242 g/mol. The van der Waals surface area contributed by atoms with Crippen molar-refractivity contribution in [2.45, 2.75) is 18.9 Å². The summed E-state index contributed by atoms with van der Waals surface area (Å²) in [5, 5.41) is 0. The third-order valence-corrected chi connectivity index (χ3v) is 2.85. The number of nitrogens with two attached hydrogens (primary N) is 1. The van der Waals surface area contributed by atoms with Crippen molar-refractivity contribution < 1.29 is 4.74 Å². The highest BCUT2D eigenvalue weighted by Crippen LogP contribution is 2.14. The molecule has 0 bridgehead atoms. The van der Waals surface area contributed by atoms with Gasteiger partial charge in [0.2, 0.25) is 0 Å². The molecular weight excluding hydrogens is 224 g/mol. The van der Waals surface area contributed by atoms with Gasteiger partial charge in [-0.2, -0.15) is 0 Å². The van der Waals surface area contributed by atoms with Crippen LogP contribution in [-0.4, -0.2) is 18.1 Å². The van der Waals surface area contributed by atoms with Crippen molar-refractivity contribution in [3.05, 3.63) is 59.9 Å². The molecule has 0 radical (unpaired) electrons. The Hall–Kier alpha value is -1.87. The zero-order valence-corrected chi connectivity index (χ0v) is 10.5. The van der Waals surface area contributed by atoms with Crippen LogP contribution in [0.1, 0.15) is 11.1 Å². The number of methoxy groups -OCH3 is 1. The van der Waals surface area contributed by atoms with Gasteiger partial charge < -0.3 is 10.5 Å². The lowest BCUT2D eigenvalue weighted by Crippen LogP contribution is -2.25. The molecule has 1 unspecified atom stereocenters. The maximum Gasteiger partial charge on any atom is 0.119 e. The number of pyridine rings is 1. The second-order valence-corrected chi connectivity index (χ2v) is 4.38. The van der Waals surface area contributed by atoms with E-state index in [2.05, 4.69) is 17.1 Å². The highest BCUT2D eigenvalue weighted by Gasteiger charge is 2.06. The predicted molar refractivity (Wildman–Crippen MR) is 72.6 cm³/mol. The van der Waals surface area contributed by atoms with E-state index in [4.69, 9.17) is 10.5 Å². The van der Waals surface area contributed by atoms with Gasteiger partial charge in [-0.1, -0.05) is 18.2 Å². The number of rotatable bonds is 5. The molecule has 2 aromatic rings. The van der Waals surface area contributed by atoms with E-state index >= 15 is 0 Å². The standard InChI is InChI=1S/C15H18N2O/c1-18-15-6-2-4-12(10-15)8-14(16)9-13-5-3-7-17-11-13/h2-7,10-11,14H,8-9,16H2,1H3. The molecule has 0 fully saturated rings. The summed E-state index contributed by atoms with van der Waals surface area (Å²) in [5.41, 5.74) is 8.53. The molecular formula is C15H18N2O. The molecule has 3 nitrogen and oxygen atoms in total. The van der Waals surface area contributed by atoms with Gasteiger partial charge in [-0.05, 0) is 42.2 Å². The molecule has 0 saturated carbocycles. The number of hydrogen-bond acceptors (Lipinski definition) is 3. The topological polar surface area (TPSA) is 48.1 Å². The Bertz CT molecular complexity index is 485. The molecule has 0 amide bonds. The lowest BCUT2D eigenvalue weighted by atomic mass is 10.0. The van der Waals surface area contributed by atoms with Crippen molar-refractivity contribution in [2.24, 2.45) is 5.73 Å². The molecule has 1 aromatic heterocycles. The van der Waals surface area contributed by atoms with Crippen LogP contribution in [0.5, 0.6) is 5.75 Å². The minimum atomic E-state index is 0.0984. The van der Waals surface area contributed by atoms with Crippen LogP contribution >= 0.6 is 0 Å². The van der Waals surface area contributed by atoms with Gasteiger partial charge in [-0.25, -0.2) is 0 Å². The van der Waals surface area contributed by atoms with E-state index in [1.54, 1.807) is 13.3 Å². The molecule has 0 aliphatic carbocycles. The lowest BCUT2D eigenvalue weighted by molar-refractivity contribution is 0.414. The average molecular weight is 242 g/mol. The van der Waals surface area contributed by atoms with Gasteiger partial charge in [0.25, 0.3) is 0 Å². The van der Waals surface area contributed by atoms with E-state index in [9.17, 15) is 0 Å². The van der Waals surface area contributed by atoms with E-state index in [1.165, 1.54) is 11.1 Å². The summed E-state index contributed by atoms with van der Waals surface area (Å²) in [4.78, 5) is 4.10. The quantitative estimate of drug-likeness (QED) is 0.874. The minimum Gasteiger partial charge on any atom is -0.497 e. The first-order chi connectivity index (χ1) is 8.78. The molecule has 94 valence electrons. The van der Waals surface area contributed by atoms with Crippen molar-refractivity contribution in [2.75, 3.05) is 7.11 Å². The van der Waals surface area contributed by atoms with Crippen molar-refractivity contribution in [1.29, 1.82) is 0 Å². The molecule has 1 atom stereocenters. The van der Waals surface area contributed by atoms with Crippen LogP contribution in [0.2, 0.25) is 0 Å². The Morgan fingerprint density at radius 3 is 2.67 bits per heavy atom. The normalized spacial score (nSPS) is 12.1. The molecule has 0 aliphatic rings. The fourth-order valence-electron chi connectivity index (χ4n) is 2.00. The molecule has 0 aliphatic heterocycles. The summed E-state index contributed by atoms with van der Waals surface area (Å²) in [6.45, 7) is 0. The number of ether oxygens (including phenoxy) is 1. The Morgan fingerprint density at radius 1 is 1.17 bits per heavy atom. The van der Waals surface area contributed by atoms with Crippen molar-refractivity contribution in [3.8, 4) is 5.75 Å². The summed E-state index contributed by atoms with van der Waals surface area (Å²) in [7, 11) is 1.68. The predicted octanol–water partition coefficient (Wildman–Crippen LogP) is 2.20. The Labute approximate surface area is 108 Å². The minimum absolute atomic E-state index is 0.0984. The van der Waals surface area contributed by atoms with Crippen LogP contribution in [0, 0.1) is 0 Å². The van der Waals surface area contributed by atoms with Gasteiger partial charge >= 0.3 is 0 Å². The summed E-state index contributed by atoms with van der Waals surface area (Å²) in [6.07, 6.45) is 5.32. The summed E-state index contributed by atoms with van der Waals surface area (Å²) >= 11 is 0. The van der Waals surface area contributed by atoms with Crippen LogP contribution in [0.3, 0.4) is 0 Å². The second-order valence-electron chi connectivity index (χ2n) is 4.38. The van der Waals surface area contributed by atoms with E-state index in [-0.39, 0.29) is 6.04 Å². The maximum atomic E-state index is 6.16. The first-order valence-corrected chi connectivity index (χ1v) is 6.05. The smallest absolute Gasteiger partial charge is 0.119 e. The molecule has 2 N–H and O–H groups in total. The molecule has 0 saturated heterocycles. The first-order valence-electron chi connectivity index (χ1n) is 6.05. The van der Waals surface area contributed by atoms with Gasteiger partial charge in [0.1, 0.15) is 5.75 Å². The van der Waals surface area contributed by atoms with E-state index < -0.39 is 0 Å². The fraction of sp³-hybridized carbons (Fsp3) is 0.267. The SMILES string of the molecule is COc1cccc(CC(N)Cc2cccnc2)c1. The molecule has 18 heavy (non-hydrogen) atoms. The Balaban J connectivity index is 1.96. The van der Waals surface area contributed by atoms with Crippen molar-refractivity contribution >= 4 is 0 Å². The molecule has 0 spiro atoms. The molecule has 1 aromatic carbocycles. The summed E-state index contributed by atoms with van der Waals surface area (Å²) < 4.78 is 5.20. The van der Waals surface area contributed by atoms with Crippen molar-refractivity contribution in [3.63, 3.8) is 0 Å². The highest BCUT2D eigenvalue weighted by atomic mass is 16.5. The third kappa shape index (κ3) is 3.57. The molecule has 2 rings (SSSR count). The van der Waals surface area contributed by atoms with Gasteiger partial charge in [-0.3, -0.25) is 4.98 Å². The lowest BCUT2D eigenvalue weighted by Gasteiger charge is -2.12. The number of nitrogens with zero attached hydrogens (tertiary/aromatic N) is 1. The molecule has 1 heterocycles. The molecule has 3 heteroatoms. The second kappa shape index (κ2) is 6.17. The van der Waals surface area contributed by atoms with Gasteiger partial charge in [0.05, 0.1) is 7.11 Å². The zero-order chi connectivity index (χ0) is 12.8. The summed E-state index contributed by atoms with van der Waals surface area (Å²) in [6, 6.07) is 12.1. The van der Waals surface area contributed by atoms with Crippen LogP contribution in [0.4, 0.5) is 0 Å². The van der Waals surface area contributed by atoms with Gasteiger partial charge in [0, 0.05) is 18.4 Å². The van der Waals surface area contributed by atoms with Gasteiger partial charge in [-0.15, -0.1) is 0 Å². The highest BCUT2D eigenvalue weighted by molar-refractivity contribution is 5.29. The van der Waals surface area contributed by atoms with E-state index in [1.807, 2.05) is 30.5 Å². The maximum absolute atomic E-state index is 6.16. The fourth-order valence-corrected chi connectivity index (χ4v) is 2.00. The van der Waals surface area contributed by atoms with E-state index in [0.717, 1.165) is 18.6 Å². The van der Waals surface area contributed by atoms with Crippen LogP contribution < -0.4 is 10.5 Å². The first kappa shape index (κ1) is 12.6. The number of benzene rings is 1. The average Bonchev–Trinajstić information content (AvgIpc) is 2.40. The number of hydrogen-bond donors (Lipinski definition) is 1. The largest absolute Gasteiger partial charge is 0.497 e. The Morgan fingerprint density at radius 2 is 1.94 bits per heavy atom. The number of aromatic nitrogens is 1. The van der Waals surface area contributed by atoms with Gasteiger partial charge in [0.15, 0.2) is 0 Å². The van der Waals surface area contributed by atoms with Crippen LogP contribution in [0.15, 0.2) is 48.8 Å². The van der Waals surface area contributed by atoms with Crippen LogP contribution in [0.25, 0.3) is 0 Å². The third-order valence-electron chi connectivity index (χ3n) is 2.85. The van der Waals surface area contributed by atoms with Crippen LogP contribution in [-0.2, 0) is 12.8 Å². The zero-order valence-electron chi connectivity index (χ0n) is 10.5.